The number of amides is 1. The Hall–Kier alpha value is -3.99. The van der Waals surface area contributed by atoms with Gasteiger partial charge in [0, 0.05) is 49.6 Å². The highest BCUT2D eigenvalue weighted by Crippen LogP contribution is 2.36. The number of hydrogen-bond donors (Lipinski definition) is 0. The number of benzene rings is 2. The predicted molar refractivity (Wildman–Crippen MR) is 127 cm³/mol. The van der Waals surface area contributed by atoms with Crippen LogP contribution in [0.15, 0.2) is 48.5 Å². The van der Waals surface area contributed by atoms with E-state index in [9.17, 15) is 10.1 Å². The number of hydrogen-bond acceptors (Lipinski definition) is 7. The lowest BCUT2D eigenvalue weighted by Crippen LogP contribution is -2.46. The molecule has 2 aromatic carbocycles. The van der Waals surface area contributed by atoms with Crippen LogP contribution in [0.1, 0.15) is 44.0 Å². The van der Waals surface area contributed by atoms with E-state index in [0.717, 1.165) is 54.8 Å². The van der Waals surface area contributed by atoms with E-state index in [0.29, 0.717) is 12.1 Å². The molecule has 35 heavy (non-hydrogen) atoms. The highest BCUT2D eigenvalue weighted by Gasteiger charge is 2.47. The fourth-order valence-corrected chi connectivity index (χ4v) is 4.80. The fraction of sp³-hybridized carbons (Fsp3) is 0.385. The summed E-state index contributed by atoms with van der Waals surface area (Å²) < 4.78 is 7.90. The first-order chi connectivity index (χ1) is 16.9. The largest absolute Gasteiger partial charge is 0.441 e. The van der Waals surface area contributed by atoms with Crippen LogP contribution in [0.3, 0.4) is 0 Å². The molecule has 9 heteroatoms. The Kier molecular flexibility index (Phi) is 6.97. The van der Waals surface area contributed by atoms with Crippen LogP contribution in [0.5, 0.6) is 0 Å². The smallest absolute Gasteiger partial charge is 0.415 e. The van der Waals surface area contributed by atoms with E-state index >= 15 is 0 Å². The second-order valence-electron chi connectivity index (χ2n) is 9.16. The number of anilines is 1. The Balaban J connectivity index is 0.000000917. The number of nitriles is 1. The molecular formula is C26H27N5O4. The minimum atomic E-state index is -0.412. The van der Waals surface area contributed by atoms with Crippen LogP contribution in [0.25, 0.3) is 10.9 Å². The van der Waals surface area contributed by atoms with Gasteiger partial charge in [-0.3, -0.25) is 14.5 Å². The van der Waals surface area contributed by atoms with Gasteiger partial charge < -0.3 is 4.74 Å². The van der Waals surface area contributed by atoms with Crippen LogP contribution in [0.2, 0.25) is 0 Å². The molecule has 0 radical (unpaired) electrons. The quantitative estimate of drug-likeness (QED) is 0.565. The molecule has 0 N–H and O–H groups in total. The van der Waals surface area contributed by atoms with E-state index in [2.05, 4.69) is 24.8 Å². The third kappa shape index (κ3) is 4.94. The molecule has 2 aliphatic heterocycles. The normalized spacial score (nSPS) is 17.1. The Morgan fingerprint density at radius 2 is 1.80 bits per heavy atom. The van der Waals surface area contributed by atoms with Gasteiger partial charge in [0.15, 0.2) is 0 Å². The van der Waals surface area contributed by atoms with Crippen molar-refractivity contribution in [3.63, 3.8) is 0 Å². The predicted octanol–water partition coefficient (Wildman–Crippen LogP) is 3.90. The molecule has 2 saturated heterocycles. The Labute approximate surface area is 203 Å². The minimum Gasteiger partial charge on any atom is -0.441 e. The zero-order valence-electron chi connectivity index (χ0n) is 19.8. The number of nitrogens with zero attached hydrogens (tertiary/aromatic N) is 5. The average Bonchev–Trinajstić information content (AvgIpc) is 3.39. The highest BCUT2D eigenvalue weighted by atomic mass is 16.6. The molecule has 2 aliphatic rings. The van der Waals surface area contributed by atoms with E-state index in [1.807, 2.05) is 53.2 Å². The van der Waals surface area contributed by atoms with Gasteiger partial charge in [-0.15, -0.1) is 0 Å². The molecule has 180 valence electrons. The highest BCUT2D eigenvalue weighted by molar-refractivity contribution is 5.90. The van der Waals surface area contributed by atoms with Gasteiger partial charge >= 0.3 is 12.2 Å². The van der Waals surface area contributed by atoms with Crippen molar-refractivity contribution in [1.82, 2.24) is 14.7 Å². The summed E-state index contributed by atoms with van der Waals surface area (Å²) in [5.74, 6) is 0. The van der Waals surface area contributed by atoms with Crippen molar-refractivity contribution < 1.29 is 19.1 Å². The lowest BCUT2D eigenvalue weighted by atomic mass is 9.91. The standard InChI is InChI=1S/C25H27N5O2.CO2/c1-18(2)30-23-14-19(15-26)8-9-21(23)22(27-30)16-28-12-10-25(11-13-28)17-29(24(31)32-25)20-6-4-3-5-7-20;2-1-3/h3-9,14,18H,10-13,16-17H2,1-2H3;. The van der Waals surface area contributed by atoms with Crippen molar-refractivity contribution >= 4 is 28.8 Å². The summed E-state index contributed by atoms with van der Waals surface area (Å²) in [5.41, 5.74) is 3.16. The Morgan fingerprint density at radius 1 is 1.11 bits per heavy atom. The molecule has 0 aliphatic carbocycles. The van der Waals surface area contributed by atoms with Gasteiger partial charge in [-0.25, -0.2) is 4.79 Å². The second-order valence-corrected chi connectivity index (χ2v) is 9.16. The number of carbonyl (C=O) groups is 1. The molecule has 1 amide bonds. The van der Waals surface area contributed by atoms with Gasteiger partial charge in [-0.1, -0.05) is 18.2 Å². The van der Waals surface area contributed by atoms with Crippen molar-refractivity contribution in [2.75, 3.05) is 24.5 Å². The van der Waals surface area contributed by atoms with Crippen molar-refractivity contribution in [3.8, 4) is 6.07 Å². The van der Waals surface area contributed by atoms with Gasteiger partial charge in [0.05, 0.1) is 29.4 Å². The molecule has 9 nitrogen and oxygen atoms in total. The molecule has 1 spiro atoms. The topological polar surface area (TPSA) is 109 Å². The summed E-state index contributed by atoms with van der Waals surface area (Å²) in [6.45, 7) is 7.25. The molecule has 3 heterocycles. The summed E-state index contributed by atoms with van der Waals surface area (Å²) in [6.07, 6.45) is 1.62. The number of piperidine rings is 1. The van der Waals surface area contributed by atoms with Crippen LogP contribution in [-0.2, 0) is 20.9 Å². The van der Waals surface area contributed by atoms with Gasteiger partial charge in [-0.05, 0) is 44.2 Å². The first-order valence-corrected chi connectivity index (χ1v) is 11.6. The molecule has 2 fully saturated rings. The number of carbonyl (C=O) groups excluding carboxylic acids is 3. The maximum absolute atomic E-state index is 12.5. The monoisotopic (exact) mass is 473 g/mol. The molecule has 5 rings (SSSR count). The van der Waals surface area contributed by atoms with Crippen molar-refractivity contribution in [2.45, 2.75) is 44.9 Å². The van der Waals surface area contributed by atoms with Crippen molar-refractivity contribution in [2.24, 2.45) is 0 Å². The molecule has 0 atom stereocenters. The molecule has 1 aromatic heterocycles. The first-order valence-electron chi connectivity index (χ1n) is 11.6. The average molecular weight is 474 g/mol. The lowest BCUT2D eigenvalue weighted by molar-refractivity contribution is -0.191. The van der Waals surface area contributed by atoms with Gasteiger partial charge in [-0.2, -0.15) is 19.9 Å². The number of rotatable bonds is 4. The molecule has 0 unspecified atom stereocenters. The maximum Gasteiger partial charge on any atom is 0.415 e. The Bertz CT molecular complexity index is 1280. The van der Waals surface area contributed by atoms with Crippen LogP contribution in [0, 0.1) is 11.3 Å². The summed E-state index contributed by atoms with van der Waals surface area (Å²) >= 11 is 0. The van der Waals surface area contributed by atoms with E-state index < -0.39 is 5.60 Å². The zero-order chi connectivity index (χ0) is 25.0. The van der Waals surface area contributed by atoms with E-state index in [-0.39, 0.29) is 18.3 Å². The van der Waals surface area contributed by atoms with Crippen LogP contribution in [0.4, 0.5) is 10.5 Å². The number of para-hydroxylation sites is 1. The minimum absolute atomic E-state index is 0.215. The van der Waals surface area contributed by atoms with E-state index in [1.54, 1.807) is 4.90 Å². The van der Waals surface area contributed by atoms with E-state index in [4.69, 9.17) is 19.4 Å². The van der Waals surface area contributed by atoms with Gasteiger partial charge in [0.2, 0.25) is 0 Å². The lowest BCUT2D eigenvalue weighted by Gasteiger charge is -2.37. The summed E-state index contributed by atoms with van der Waals surface area (Å²) in [7, 11) is 0. The number of ether oxygens (including phenoxy) is 1. The van der Waals surface area contributed by atoms with Gasteiger partial charge in [0.25, 0.3) is 0 Å². The fourth-order valence-electron chi connectivity index (χ4n) is 4.80. The number of likely N-dealkylation sites (tertiary alicyclic amines) is 1. The zero-order valence-corrected chi connectivity index (χ0v) is 19.8. The second kappa shape index (κ2) is 10.1. The molecular weight excluding hydrogens is 446 g/mol. The summed E-state index contributed by atoms with van der Waals surface area (Å²) in [4.78, 5) is 32.9. The number of aromatic nitrogens is 2. The Morgan fingerprint density at radius 3 is 2.43 bits per heavy atom. The SMILES string of the molecule is CC(C)n1nc(CN2CCC3(CC2)CN(c2ccccc2)C(=O)O3)c2ccc(C#N)cc21.O=C=O. The summed E-state index contributed by atoms with van der Waals surface area (Å²) in [6, 6.07) is 18.0. The van der Waals surface area contributed by atoms with E-state index in [1.165, 1.54) is 0 Å². The molecule has 0 bridgehead atoms. The van der Waals surface area contributed by atoms with Crippen LogP contribution >= 0.6 is 0 Å². The third-order valence-electron chi connectivity index (χ3n) is 6.58. The van der Waals surface area contributed by atoms with Crippen LogP contribution in [-0.4, -0.2) is 52.2 Å². The summed E-state index contributed by atoms with van der Waals surface area (Å²) in [5, 5.41) is 15.3. The van der Waals surface area contributed by atoms with Gasteiger partial charge in [0.1, 0.15) is 5.60 Å². The number of fused-ring (bicyclic) bond motifs is 1. The molecule has 3 aromatic rings. The van der Waals surface area contributed by atoms with Crippen molar-refractivity contribution in [3.05, 3.63) is 59.8 Å². The first kappa shape index (κ1) is 24.1. The van der Waals surface area contributed by atoms with Crippen LogP contribution < -0.4 is 4.90 Å². The van der Waals surface area contributed by atoms with Crippen molar-refractivity contribution in [1.29, 1.82) is 5.26 Å². The molecule has 0 saturated carbocycles. The maximum atomic E-state index is 12.5. The third-order valence-corrected chi connectivity index (χ3v) is 6.58.